The van der Waals surface area contributed by atoms with E-state index in [4.69, 9.17) is 0 Å². The fourth-order valence-corrected chi connectivity index (χ4v) is 0. The molecule has 0 unspecified atom stereocenters. The third kappa shape index (κ3) is 22.7. The molecule has 0 aliphatic carbocycles. The third-order valence-corrected chi connectivity index (χ3v) is 0.214. The van der Waals surface area contributed by atoms with Crippen molar-refractivity contribution in [3.05, 3.63) is 6.43 Å². The maximum Gasteiger partial charge on any atom is 0.673 e. The van der Waals surface area contributed by atoms with Crippen molar-refractivity contribution in [1.29, 1.82) is 0 Å². The Morgan fingerprint density at radius 1 is 0.833 bits per heavy atom. The Balaban J connectivity index is 0. The van der Waals surface area contributed by atoms with Crippen LogP contribution >= 0.6 is 0 Å². The number of hydrogen-bond donors (Lipinski definition) is 0. The Kier molecular flexibility index (Phi) is 5.20. The first kappa shape index (κ1) is 14.0. The normalized spacial score (nSPS) is 12.5. The lowest BCUT2D eigenvalue weighted by molar-refractivity contribution is -0.165. The summed E-state index contributed by atoms with van der Waals surface area (Å²) in [5.74, 6) is 0. The van der Waals surface area contributed by atoms with E-state index in [9.17, 15) is 39.2 Å². The zero-order valence-corrected chi connectivity index (χ0v) is 4.98. The van der Waals surface area contributed by atoms with Gasteiger partial charge in [0.1, 0.15) is 0 Å². The zero-order valence-electron chi connectivity index (χ0n) is 4.98. The third-order valence-electron chi connectivity index (χ3n) is 0.214. The van der Waals surface area contributed by atoms with Crippen molar-refractivity contribution in [3.8, 4) is 0 Å². The van der Waals surface area contributed by atoms with Crippen LogP contribution in [0.25, 0.3) is 0 Å². The summed E-state index contributed by atoms with van der Waals surface area (Å²) in [5, 5.41) is 0. The Hall–Kier alpha value is -0.565. The SMILES string of the molecule is F[B-](F)(F)F.F[C](F)C(F)(F)F. The van der Waals surface area contributed by atoms with Gasteiger partial charge in [0.25, 0.3) is 0 Å². The van der Waals surface area contributed by atoms with Crippen LogP contribution in [0.5, 0.6) is 0 Å². The predicted molar refractivity (Wildman–Crippen MR) is 21.7 cm³/mol. The number of halogens is 9. The van der Waals surface area contributed by atoms with Crippen molar-refractivity contribution in [2.75, 3.05) is 0 Å². The Labute approximate surface area is 60.5 Å². The van der Waals surface area contributed by atoms with Gasteiger partial charge in [-0.05, 0) is 0 Å². The molecule has 0 aliphatic rings. The summed E-state index contributed by atoms with van der Waals surface area (Å²) in [6.45, 7) is 0. The molecule has 0 saturated heterocycles. The molecule has 0 bridgehead atoms. The van der Waals surface area contributed by atoms with Crippen LogP contribution in [-0.4, -0.2) is 13.4 Å². The minimum atomic E-state index is -6.00. The maximum absolute atomic E-state index is 10.4. The minimum Gasteiger partial charge on any atom is -0.418 e. The minimum absolute atomic E-state index is 3.51. The summed E-state index contributed by atoms with van der Waals surface area (Å²) in [6.07, 6.45) is -8.92. The molecule has 0 aromatic heterocycles. The van der Waals surface area contributed by atoms with Crippen LogP contribution in [0.3, 0.4) is 0 Å². The lowest BCUT2D eigenvalue weighted by Crippen LogP contribution is -2.11. The summed E-state index contributed by atoms with van der Waals surface area (Å²) >= 11 is 0. The van der Waals surface area contributed by atoms with Crippen LogP contribution < -0.4 is 0 Å². The molecular formula is C2BF9-. The number of alkyl halides is 3. The molecule has 0 heterocycles. The van der Waals surface area contributed by atoms with Crippen molar-refractivity contribution < 1.29 is 39.2 Å². The smallest absolute Gasteiger partial charge is 0.418 e. The molecule has 0 aliphatic heterocycles. The summed E-state index contributed by atoms with van der Waals surface area (Å²) in [5.41, 5.74) is 0. The highest BCUT2D eigenvalue weighted by Crippen LogP contribution is 2.29. The fourth-order valence-electron chi connectivity index (χ4n) is 0. The highest BCUT2D eigenvalue weighted by atomic mass is 19.5. The lowest BCUT2D eigenvalue weighted by atomic mass is 10.3. The molecule has 0 amide bonds. The zero-order chi connectivity index (χ0) is 10.6. The van der Waals surface area contributed by atoms with Crippen molar-refractivity contribution in [2.24, 2.45) is 0 Å². The Morgan fingerprint density at radius 3 is 0.917 bits per heavy atom. The molecule has 1 radical (unpaired) electrons. The van der Waals surface area contributed by atoms with Crippen LogP contribution in [0.1, 0.15) is 0 Å². The average Bonchev–Trinajstić information content (AvgIpc) is 1.55. The van der Waals surface area contributed by atoms with Crippen LogP contribution in [0, 0.1) is 6.43 Å². The lowest BCUT2D eigenvalue weighted by Gasteiger charge is -1.98. The summed E-state index contributed by atoms with van der Waals surface area (Å²) in [4.78, 5) is 0. The van der Waals surface area contributed by atoms with Crippen molar-refractivity contribution in [2.45, 2.75) is 6.18 Å². The first-order valence-electron chi connectivity index (χ1n) is 2.07. The fraction of sp³-hybridized carbons (Fsp3) is 0.500. The molecule has 10 heteroatoms. The van der Waals surface area contributed by atoms with E-state index in [1.165, 1.54) is 0 Å². The summed E-state index contributed by atoms with van der Waals surface area (Å²) in [7, 11) is -6.00. The first-order chi connectivity index (χ1) is 4.94. The second-order valence-corrected chi connectivity index (χ2v) is 1.25. The van der Waals surface area contributed by atoms with Crippen LogP contribution in [0.2, 0.25) is 0 Å². The largest absolute Gasteiger partial charge is 0.673 e. The molecular weight excluding hydrogens is 206 g/mol. The van der Waals surface area contributed by atoms with Crippen LogP contribution in [0.15, 0.2) is 0 Å². The standard InChI is InChI=1S/C2F5.BF4/c3-1(4)2(5,6)7;2-1(3,4)5/q;-1. The van der Waals surface area contributed by atoms with E-state index in [0.29, 0.717) is 0 Å². The van der Waals surface area contributed by atoms with Gasteiger partial charge >= 0.3 is 19.9 Å². The van der Waals surface area contributed by atoms with E-state index in [-0.39, 0.29) is 0 Å². The van der Waals surface area contributed by atoms with Gasteiger partial charge in [0.05, 0.1) is 0 Å². The van der Waals surface area contributed by atoms with E-state index >= 15 is 0 Å². The topological polar surface area (TPSA) is 0 Å². The van der Waals surface area contributed by atoms with Gasteiger partial charge in [0.2, 0.25) is 0 Å². The molecule has 75 valence electrons. The monoisotopic (exact) mass is 206 g/mol. The molecule has 0 spiro atoms. The van der Waals surface area contributed by atoms with Gasteiger partial charge in [-0.3, -0.25) is 0 Å². The second kappa shape index (κ2) is 4.46. The van der Waals surface area contributed by atoms with Crippen LogP contribution in [0.4, 0.5) is 39.2 Å². The summed E-state index contributed by atoms with van der Waals surface area (Å²) < 4.78 is 90.8. The van der Waals surface area contributed by atoms with Gasteiger partial charge in [-0.2, -0.15) is 22.0 Å². The van der Waals surface area contributed by atoms with E-state index in [1.807, 2.05) is 0 Å². The molecule has 0 aromatic rings. The van der Waals surface area contributed by atoms with E-state index in [2.05, 4.69) is 0 Å². The molecule has 0 nitrogen and oxygen atoms in total. The molecule has 0 atom stereocenters. The van der Waals surface area contributed by atoms with Gasteiger partial charge in [-0.1, -0.05) is 0 Å². The van der Waals surface area contributed by atoms with E-state index in [0.717, 1.165) is 0 Å². The predicted octanol–water partition coefficient (Wildman–Crippen LogP) is 3.28. The molecule has 0 fully saturated rings. The van der Waals surface area contributed by atoms with Crippen molar-refractivity contribution in [3.63, 3.8) is 0 Å². The highest BCUT2D eigenvalue weighted by molar-refractivity contribution is 6.50. The highest BCUT2D eigenvalue weighted by Gasteiger charge is 2.43. The second-order valence-electron chi connectivity index (χ2n) is 1.25. The maximum atomic E-state index is 10.4. The molecule has 12 heavy (non-hydrogen) atoms. The van der Waals surface area contributed by atoms with Gasteiger partial charge in [-0.15, -0.1) is 0 Å². The van der Waals surface area contributed by atoms with Gasteiger partial charge in [0, 0.05) is 0 Å². The quantitative estimate of drug-likeness (QED) is 0.421. The van der Waals surface area contributed by atoms with Gasteiger partial charge in [0.15, 0.2) is 0 Å². The van der Waals surface area contributed by atoms with E-state index < -0.39 is 19.9 Å². The summed E-state index contributed by atoms with van der Waals surface area (Å²) in [6, 6.07) is 0. The molecule has 0 rings (SSSR count). The Bertz CT molecular complexity index is 103. The Morgan fingerprint density at radius 2 is 0.917 bits per heavy atom. The van der Waals surface area contributed by atoms with Crippen molar-refractivity contribution in [1.82, 2.24) is 0 Å². The van der Waals surface area contributed by atoms with Gasteiger partial charge < -0.3 is 17.3 Å². The molecule has 0 saturated carbocycles. The van der Waals surface area contributed by atoms with Crippen molar-refractivity contribution >= 4 is 7.25 Å². The number of rotatable bonds is 0. The first-order valence-corrected chi connectivity index (χ1v) is 2.07. The average molecular weight is 206 g/mol. The van der Waals surface area contributed by atoms with E-state index in [1.54, 1.807) is 0 Å². The molecule has 0 aromatic carbocycles. The van der Waals surface area contributed by atoms with Gasteiger partial charge in [-0.25, -0.2) is 0 Å². The molecule has 0 N–H and O–H groups in total. The van der Waals surface area contributed by atoms with Crippen LogP contribution in [-0.2, 0) is 0 Å². The number of hydrogen-bond acceptors (Lipinski definition) is 0.